The fourth-order valence-electron chi connectivity index (χ4n) is 0.788. The summed E-state index contributed by atoms with van der Waals surface area (Å²) >= 11 is 3.88. The van der Waals surface area contributed by atoms with Crippen molar-refractivity contribution < 1.29 is 9.18 Å². The van der Waals surface area contributed by atoms with Gasteiger partial charge in [0.15, 0.2) is 0 Å². The van der Waals surface area contributed by atoms with E-state index < -0.39 is 5.25 Å². The number of halogens is 1. The molecule has 3 heteroatoms. The van der Waals surface area contributed by atoms with Gasteiger partial charge in [-0.1, -0.05) is 18.2 Å². The molecular weight excluding hydrogens is 163 g/mol. The van der Waals surface area contributed by atoms with Gasteiger partial charge >= 0.3 is 0 Å². The molecule has 0 aromatic heterocycles. The fraction of sp³-hybridized carbons (Fsp3) is 0.125. The molecule has 0 amide bonds. The topological polar surface area (TPSA) is 17.1 Å². The molecule has 1 aromatic carbocycles. The number of thiol groups is 1. The van der Waals surface area contributed by atoms with Gasteiger partial charge in [-0.3, -0.25) is 0 Å². The molecular formula is C8H7FOS. The third-order valence-electron chi connectivity index (χ3n) is 1.35. The van der Waals surface area contributed by atoms with Gasteiger partial charge in [-0.2, -0.15) is 12.6 Å². The summed E-state index contributed by atoms with van der Waals surface area (Å²) < 4.78 is 12.8. The smallest absolute Gasteiger partial charge is 0.137 e. The minimum absolute atomic E-state index is 0.325. The van der Waals surface area contributed by atoms with E-state index in [9.17, 15) is 9.18 Å². The van der Waals surface area contributed by atoms with E-state index in [2.05, 4.69) is 12.6 Å². The quantitative estimate of drug-likeness (QED) is 0.530. The van der Waals surface area contributed by atoms with Gasteiger partial charge in [-0.25, -0.2) is 4.39 Å². The number of carbonyl (C=O) groups is 1. The summed E-state index contributed by atoms with van der Waals surface area (Å²) in [5.41, 5.74) is 0.325. The molecule has 1 rings (SSSR count). The van der Waals surface area contributed by atoms with Crippen molar-refractivity contribution in [1.29, 1.82) is 0 Å². The van der Waals surface area contributed by atoms with Crippen molar-refractivity contribution in [2.45, 2.75) is 5.25 Å². The number of carbonyl (C=O) groups excluding carboxylic acids is 1. The molecule has 0 saturated heterocycles. The van der Waals surface area contributed by atoms with Crippen molar-refractivity contribution in [3.8, 4) is 0 Å². The second kappa shape index (κ2) is 3.53. The lowest BCUT2D eigenvalue weighted by Gasteiger charge is -2.02. The highest BCUT2D eigenvalue weighted by molar-refractivity contribution is 7.81. The molecule has 0 saturated carbocycles. The maximum Gasteiger partial charge on any atom is 0.137 e. The molecule has 0 aliphatic rings. The summed E-state index contributed by atoms with van der Waals surface area (Å²) in [4.78, 5) is 10.2. The highest BCUT2D eigenvalue weighted by Crippen LogP contribution is 2.19. The Kier molecular flexibility index (Phi) is 2.65. The predicted octanol–water partition coefficient (Wildman–Crippen LogP) is 2.00. The zero-order valence-electron chi connectivity index (χ0n) is 5.70. The molecule has 0 aliphatic heterocycles. The van der Waals surface area contributed by atoms with E-state index in [-0.39, 0.29) is 5.82 Å². The Bertz CT molecular complexity index is 262. The lowest BCUT2D eigenvalue weighted by Crippen LogP contribution is -1.94. The van der Waals surface area contributed by atoms with E-state index in [0.717, 1.165) is 0 Å². The molecule has 11 heavy (non-hydrogen) atoms. The minimum Gasteiger partial charge on any atom is -0.302 e. The number of aldehydes is 1. The monoisotopic (exact) mass is 170 g/mol. The van der Waals surface area contributed by atoms with Crippen molar-refractivity contribution in [1.82, 2.24) is 0 Å². The molecule has 1 nitrogen and oxygen atoms in total. The molecule has 0 spiro atoms. The van der Waals surface area contributed by atoms with Gasteiger partial charge in [0.1, 0.15) is 12.1 Å². The van der Waals surface area contributed by atoms with Crippen molar-refractivity contribution >= 4 is 18.9 Å². The summed E-state index contributed by atoms with van der Waals surface area (Å²) in [6.45, 7) is 0. The lowest BCUT2D eigenvalue weighted by atomic mass is 10.1. The standard InChI is InChI=1S/C8H7FOS/c9-7-4-2-1-3-6(7)8(11)5-10/h1-5,8,11H. The van der Waals surface area contributed by atoms with Crippen molar-refractivity contribution in [3.63, 3.8) is 0 Å². The van der Waals surface area contributed by atoms with Crippen LogP contribution in [0.1, 0.15) is 10.8 Å². The Morgan fingerprint density at radius 1 is 1.45 bits per heavy atom. The highest BCUT2D eigenvalue weighted by Gasteiger charge is 2.08. The van der Waals surface area contributed by atoms with E-state index in [4.69, 9.17) is 0 Å². The Labute approximate surface area is 69.6 Å². The summed E-state index contributed by atoms with van der Waals surface area (Å²) in [5.74, 6) is -0.389. The van der Waals surface area contributed by atoms with E-state index in [1.54, 1.807) is 18.2 Å². The number of hydrogen-bond acceptors (Lipinski definition) is 2. The molecule has 0 heterocycles. The van der Waals surface area contributed by atoms with E-state index in [1.807, 2.05) is 0 Å². The normalized spacial score (nSPS) is 12.5. The fourth-order valence-corrected chi connectivity index (χ4v) is 0.998. The molecule has 1 unspecified atom stereocenters. The van der Waals surface area contributed by atoms with E-state index in [1.165, 1.54) is 6.07 Å². The first-order valence-electron chi connectivity index (χ1n) is 3.13. The van der Waals surface area contributed by atoms with Crippen LogP contribution in [0, 0.1) is 5.82 Å². The van der Waals surface area contributed by atoms with Crippen LogP contribution < -0.4 is 0 Å². The maximum absolute atomic E-state index is 12.8. The molecule has 0 N–H and O–H groups in total. The largest absolute Gasteiger partial charge is 0.302 e. The number of rotatable bonds is 2. The molecule has 0 bridgehead atoms. The van der Waals surface area contributed by atoms with Crippen LogP contribution in [0.2, 0.25) is 0 Å². The minimum atomic E-state index is -0.656. The van der Waals surface area contributed by atoms with Gasteiger partial charge in [-0.05, 0) is 6.07 Å². The zero-order chi connectivity index (χ0) is 8.27. The number of hydrogen-bond donors (Lipinski definition) is 1. The van der Waals surface area contributed by atoms with Gasteiger partial charge in [0.25, 0.3) is 0 Å². The van der Waals surface area contributed by atoms with Crippen LogP contribution in [-0.4, -0.2) is 6.29 Å². The van der Waals surface area contributed by atoms with Gasteiger partial charge in [0, 0.05) is 5.56 Å². The summed E-state index contributed by atoms with van der Waals surface area (Å²) in [5, 5.41) is -0.656. The predicted molar refractivity (Wildman–Crippen MR) is 44.2 cm³/mol. The third-order valence-corrected chi connectivity index (χ3v) is 1.75. The van der Waals surface area contributed by atoms with Gasteiger partial charge < -0.3 is 4.79 Å². The van der Waals surface area contributed by atoms with Crippen LogP contribution in [0.5, 0.6) is 0 Å². The van der Waals surface area contributed by atoms with Crippen LogP contribution >= 0.6 is 12.6 Å². The molecule has 0 fully saturated rings. The Morgan fingerprint density at radius 3 is 2.64 bits per heavy atom. The highest BCUT2D eigenvalue weighted by atomic mass is 32.1. The van der Waals surface area contributed by atoms with Crippen LogP contribution in [-0.2, 0) is 4.79 Å². The Hall–Kier alpha value is -0.830. The van der Waals surface area contributed by atoms with Crippen LogP contribution in [0.25, 0.3) is 0 Å². The molecule has 58 valence electrons. The van der Waals surface area contributed by atoms with Crippen molar-refractivity contribution in [2.75, 3.05) is 0 Å². The van der Waals surface area contributed by atoms with Crippen molar-refractivity contribution in [2.24, 2.45) is 0 Å². The first-order chi connectivity index (χ1) is 5.25. The molecule has 0 aliphatic carbocycles. The first-order valence-corrected chi connectivity index (χ1v) is 3.65. The SMILES string of the molecule is O=CC(S)c1ccccc1F. The average Bonchev–Trinajstić information content (AvgIpc) is 2.04. The second-order valence-corrected chi connectivity index (χ2v) is 2.66. The average molecular weight is 170 g/mol. The Morgan fingerprint density at radius 2 is 2.09 bits per heavy atom. The summed E-state index contributed by atoms with van der Waals surface area (Å²) in [6, 6.07) is 6.10. The molecule has 1 aromatic rings. The number of benzene rings is 1. The van der Waals surface area contributed by atoms with E-state index >= 15 is 0 Å². The summed E-state index contributed by atoms with van der Waals surface area (Å²) in [7, 11) is 0. The van der Waals surface area contributed by atoms with Gasteiger partial charge in [0.05, 0.1) is 5.25 Å². The maximum atomic E-state index is 12.8. The van der Waals surface area contributed by atoms with Crippen molar-refractivity contribution in [3.05, 3.63) is 35.6 Å². The molecule has 0 radical (unpaired) electrons. The second-order valence-electron chi connectivity index (χ2n) is 2.10. The van der Waals surface area contributed by atoms with Crippen LogP contribution in [0.4, 0.5) is 4.39 Å². The first kappa shape index (κ1) is 8.27. The van der Waals surface area contributed by atoms with Crippen LogP contribution in [0.15, 0.2) is 24.3 Å². The lowest BCUT2D eigenvalue weighted by molar-refractivity contribution is -0.107. The summed E-state index contributed by atoms with van der Waals surface area (Å²) in [6.07, 6.45) is 0.599. The Balaban J connectivity index is 3.02. The third kappa shape index (κ3) is 1.80. The van der Waals surface area contributed by atoms with E-state index in [0.29, 0.717) is 11.8 Å². The van der Waals surface area contributed by atoms with Crippen LogP contribution in [0.3, 0.4) is 0 Å². The van der Waals surface area contributed by atoms with Gasteiger partial charge in [-0.15, -0.1) is 0 Å². The molecule has 1 atom stereocenters. The van der Waals surface area contributed by atoms with Gasteiger partial charge in [0.2, 0.25) is 0 Å². The zero-order valence-corrected chi connectivity index (χ0v) is 6.59.